The summed E-state index contributed by atoms with van der Waals surface area (Å²) in [6.45, 7) is 4.71. The van der Waals surface area contributed by atoms with Crippen LogP contribution < -0.4 is 5.32 Å². The van der Waals surface area contributed by atoms with E-state index in [1.807, 2.05) is 0 Å². The molecule has 1 saturated carbocycles. The SMILES string of the molecule is CC(CNC(=O)C1(O)CCCC1)N1CCc2ccccc2C1. The number of rotatable bonds is 4. The molecule has 1 atom stereocenters. The maximum absolute atomic E-state index is 12.2. The van der Waals surface area contributed by atoms with Gasteiger partial charge in [0.15, 0.2) is 0 Å². The standard InChI is InChI=1S/C18H26N2O2/c1-14(12-19-17(21)18(22)9-4-5-10-18)20-11-8-15-6-2-3-7-16(15)13-20/h2-3,6-7,14,22H,4-5,8-13H2,1H3,(H,19,21). The van der Waals surface area contributed by atoms with Gasteiger partial charge in [-0.15, -0.1) is 0 Å². The Bertz CT molecular complexity index is 538. The molecule has 1 aromatic rings. The number of carbonyl (C=O) groups excluding carboxylic acids is 1. The molecule has 4 nitrogen and oxygen atoms in total. The number of nitrogens with one attached hydrogen (secondary N) is 1. The third-order valence-electron chi connectivity index (χ3n) is 5.19. The summed E-state index contributed by atoms with van der Waals surface area (Å²) in [5, 5.41) is 13.2. The highest BCUT2D eigenvalue weighted by Gasteiger charge is 2.38. The molecule has 0 aromatic heterocycles. The number of hydrogen-bond acceptors (Lipinski definition) is 3. The van der Waals surface area contributed by atoms with Gasteiger partial charge in [0.25, 0.3) is 5.91 Å². The first-order valence-corrected chi connectivity index (χ1v) is 8.40. The van der Waals surface area contributed by atoms with E-state index < -0.39 is 5.60 Å². The fraction of sp³-hybridized carbons (Fsp3) is 0.611. The molecule has 1 heterocycles. The van der Waals surface area contributed by atoms with Gasteiger partial charge in [-0.05, 0) is 50.2 Å². The molecule has 1 aliphatic heterocycles. The molecule has 120 valence electrons. The average Bonchev–Trinajstić information content (AvgIpc) is 2.99. The van der Waals surface area contributed by atoms with E-state index in [1.54, 1.807) is 0 Å². The molecular weight excluding hydrogens is 276 g/mol. The zero-order valence-corrected chi connectivity index (χ0v) is 13.3. The van der Waals surface area contributed by atoms with Crippen molar-refractivity contribution in [2.45, 2.75) is 57.2 Å². The van der Waals surface area contributed by atoms with Gasteiger partial charge < -0.3 is 10.4 Å². The van der Waals surface area contributed by atoms with Gasteiger partial charge >= 0.3 is 0 Å². The van der Waals surface area contributed by atoms with E-state index in [1.165, 1.54) is 11.1 Å². The number of hydrogen-bond donors (Lipinski definition) is 2. The van der Waals surface area contributed by atoms with Crippen LogP contribution in [0.3, 0.4) is 0 Å². The normalized spacial score (nSPS) is 22.1. The third kappa shape index (κ3) is 3.18. The molecule has 0 bridgehead atoms. The van der Waals surface area contributed by atoms with Crippen molar-refractivity contribution in [1.82, 2.24) is 10.2 Å². The first-order valence-electron chi connectivity index (χ1n) is 8.40. The van der Waals surface area contributed by atoms with Gasteiger partial charge in [-0.3, -0.25) is 9.69 Å². The zero-order chi connectivity index (χ0) is 15.6. The summed E-state index contributed by atoms with van der Waals surface area (Å²) in [4.78, 5) is 14.6. The van der Waals surface area contributed by atoms with E-state index >= 15 is 0 Å². The first-order chi connectivity index (χ1) is 10.6. The topological polar surface area (TPSA) is 52.6 Å². The molecule has 1 amide bonds. The van der Waals surface area contributed by atoms with Crippen molar-refractivity contribution in [2.75, 3.05) is 13.1 Å². The molecule has 0 saturated heterocycles. The highest BCUT2D eigenvalue weighted by Crippen LogP contribution is 2.29. The van der Waals surface area contributed by atoms with E-state index in [-0.39, 0.29) is 11.9 Å². The van der Waals surface area contributed by atoms with Crippen LogP contribution in [0, 0.1) is 0 Å². The van der Waals surface area contributed by atoms with E-state index in [4.69, 9.17) is 0 Å². The molecular formula is C18H26N2O2. The fourth-order valence-corrected chi connectivity index (χ4v) is 3.61. The van der Waals surface area contributed by atoms with Crippen LogP contribution in [0.2, 0.25) is 0 Å². The molecule has 3 rings (SSSR count). The van der Waals surface area contributed by atoms with Crippen LogP contribution in [0.5, 0.6) is 0 Å². The number of nitrogens with zero attached hydrogens (tertiary/aromatic N) is 1. The summed E-state index contributed by atoms with van der Waals surface area (Å²) in [6, 6.07) is 8.86. The van der Waals surface area contributed by atoms with Crippen LogP contribution in [0.1, 0.15) is 43.7 Å². The van der Waals surface area contributed by atoms with Gasteiger partial charge in [0.1, 0.15) is 5.60 Å². The maximum Gasteiger partial charge on any atom is 0.252 e. The Hall–Kier alpha value is -1.39. The van der Waals surface area contributed by atoms with E-state index in [2.05, 4.69) is 41.4 Å². The maximum atomic E-state index is 12.2. The molecule has 4 heteroatoms. The van der Waals surface area contributed by atoms with E-state index in [0.717, 1.165) is 32.4 Å². The van der Waals surface area contributed by atoms with Crippen molar-refractivity contribution < 1.29 is 9.90 Å². The Kier molecular flexibility index (Phi) is 4.50. The number of carbonyl (C=O) groups is 1. The van der Waals surface area contributed by atoms with Crippen LogP contribution in [0.25, 0.3) is 0 Å². The van der Waals surface area contributed by atoms with Gasteiger partial charge in [0, 0.05) is 25.7 Å². The smallest absolute Gasteiger partial charge is 0.252 e. The molecule has 1 fully saturated rings. The van der Waals surface area contributed by atoms with Gasteiger partial charge in [-0.2, -0.15) is 0 Å². The fourth-order valence-electron chi connectivity index (χ4n) is 3.61. The quantitative estimate of drug-likeness (QED) is 0.892. The lowest BCUT2D eigenvalue weighted by molar-refractivity contribution is -0.139. The van der Waals surface area contributed by atoms with Crippen molar-refractivity contribution in [1.29, 1.82) is 0 Å². The van der Waals surface area contributed by atoms with Gasteiger partial charge in [0.2, 0.25) is 0 Å². The minimum Gasteiger partial charge on any atom is -0.380 e. The molecule has 2 aliphatic rings. The molecule has 0 spiro atoms. The predicted octanol–water partition coefficient (Wildman–Crippen LogP) is 1.85. The van der Waals surface area contributed by atoms with Crippen molar-refractivity contribution in [3.8, 4) is 0 Å². The van der Waals surface area contributed by atoms with E-state index in [9.17, 15) is 9.90 Å². The first kappa shape index (κ1) is 15.5. The average molecular weight is 302 g/mol. The minimum atomic E-state index is -1.12. The second-order valence-corrected chi connectivity index (χ2v) is 6.79. The van der Waals surface area contributed by atoms with Crippen LogP contribution >= 0.6 is 0 Å². The highest BCUT2D eigenvalue weighted by atomic mass is 16.3. The second kappa shape index (κ2) is 6.39. The molecule has 1 aromatic carbocycles. The number of aliphatic hydroxyl groups is 1. The van der Waals surface area contributed by atoms with Gasteiger partial charge in [-0.25, -0.2) is 0 Å². The van der Waals surface area contributed by atoms with Crippen molar-refractivity contribution in [3.05, 3.63) is 35.4 Å². The molecule has 2 N–H and O–H groups in total. The summed E-state index contributed by atoms with van der Waals surface area (Å²) in [5.74, 6) is -0.186. The van der Waals surface area contributed by atoms with Crippen molar-refractivity contribution in [2.24, 2.45) is 0 Å². The molecule has 1 aliphatic carbocycles. The lowest BCUT2D eigenvalue weighted by Gasteiger charge is -2.34. The van der Waals surface area contributed by atoms with Crippen LogP contribution in [0.15, 0.2) is 24.3 Å². The lowest BCUT2D eigenvalue weighted by Crippen LogP contribution is -2.50. The number of benzene rings is 1. The largest absolute Gasteiger partial charge is 0.380 e. The zero-order valence-electron chi connectivity index (χ0n) is 13.3. The lowest BCUT2D eigenvalue weighted by atomic mass is 9.98. The Morgan fingerprint density at radius 1 is 1.32 bits per heavy atom. The Balaban J connectivity index is 1.53. The van der Waals surface area contributed by atoms with Crippen LogP contribution in [0.4, 0.5) is 0 Å². The Morgan fingerprint density at radius 2 is 2.00 bits per heavy atom. The minimum absolute atomic E-state index is 0.186. The monoisotopic (exact) mass is 302 g/mol. The van der Waals surface area contributed by atoms with Crippen molar-refractivity contribution in [3.63, 3.8) is 0 Å². The molecule has 1 unspecified atom stereocenters. The summed E-state index contributed by atoms with van der Waals surface area (Å²) < 4.78 is 0. The highest BCUT2D eigenvalue weighted by molar-refractivity contribution is 5.85. The molecule has 22 heavy (non-hydrogen) atoms. The van der Waals surface area contributed by atoms with E-state index in [0.29, 0.717) is 19.4 Å². The third-order valence-corrected chi connectivity index (χ3v) is 5.19. The summed E-state index contributed by atoms with van der Waals surface area (Å²) in [7, 11) is 0. The Labute approximate surface area is 132 Å². The summed E-state index contributed by atoms with van der Waals surface area (Å²) in [5.41, 5.74) is 1.71. The number of amides is 1. The summed E-state index contributed by atoms with van der Waals surface area (Å²) in [6.07, 6.45) is 4.16. The summed E-state index contributed by atoms with van der Waals surface area (Å²) >= 11 is 0. The Morgan fingerprint density at radius 3 is 2.73 bits per heavy atom. The predicted molar refractivity (Wildman–Crippen MR) is 86.4 cm³/mol. The van der Waals surface area contributed by atoms with Gasteiger partial charge in [-0.1, -0.05) is 24.3 Å². The second-order valence-electron chi connectivity index (χ2n) is 6.79. The van der Waals surface area contributed by atoms with Crippen LogP contribution in [-0.2, 0) is 17.8 Å². The van der Waals surface area contributed by atoms with Gasteiger partial charge in [0.05, 0.1) is 0 Å². The van der Waals surface area contributed by atoms with Crippen LogP contribution in [-0.4, -0.2) is 40.6 Å². The molecule has 0 radical (unpaired) electrons. The number of fused-ring (bicyclic) bond motifs is 1. The van der Waals surface area contributed by atoms with Crippen molar-refractivity contribution >= 4 is 5.91 Å².